The number of nitrogens with one attached hydrogen (secondary N) is 1. The van der Waals surface area contributed by atoms with Crippen LogP contribution in [0.1, 0.15) is 32.9 Å². The van der Waals surface area contributed by atoms with E-state index >= 15 is 0 Å². The highest BCUT2D eigenvalue weighted by atomic mass is 16.5. The van der Waals surface area contributed by atoms with Crippen LogP contribution in [0.4, 0.5) is 5.69 Å². The molecule has 0 fully saturated rings. The molecule has 2 aromatic carbocycles. The lowest BCUT2D eigenvalue weighted by Crippen LogP contribution is -2.13. The third kappa shape index (κ3) is 3.77. The van der Waals surface area contributed by atoms with Crippen molar-refractivity contribution in [3.05, 3.63) is 76.6 Å². The molecule has 0 aliphatic carbocycles. The van der Waals surface area contributed by atoms with Crippen LogP contribution in [0.3, 0.4) is 0 Å². The number of aromatic nitrogens is 2. The van der Waals surface area contributed by atoms with Crippen LogP contribution in [-0.2, 0) is 6.54 Å². The lowest BCUT2D eigenvalue weighted by molar-refractivity contribution is 0.102. The van der Waals surface area contributed by atoms with E-state index in [2.05, 4.69) is 10.4 Å². The first-order valence-electron chi connectivity index (χ1n) is 8.53. The van der Waals surface area contributed by atoms with Gasteiger partial charge in [0.25, 0.3) is 5.91 Å². The van der Waals surface area contributed by atoms with Crippen LogP contribution in [0, 0.1) is 20.8 Å². The minimum absolute atomic E-state index is 0.128. The van der Waals surface area contributed by atoms with E-state index in [-0.39, 0.29) is 5.91 Å². The summed E-state index contributed by atoms with van der Waals surface area (Å²) in [6.45, 7) is 6.48. The number of carbonyl (C=O) groups excluding carboxylic acids is 1. The van der Waals surface area contributed by atoms with Crippen LogP contribution in [-0.4, -0.2) is 22.8 Å². The van der Waals surface area contributed by atoms with Gasteiger partial charge in [-0.15, -0.1) is 0 Å². The molecule has 0 aliphatic rings. The zero-order valence-corrected chi connectivity index (χ0v) is 15.5. The Labute approximate surface area is 153 Å². The van der Waals surface area contributed by atoms with Crippen LogP contribution < -0.4 is 10.1 Å². The summed E-state index contributed by atoms with van der Waals surface area (Å²) in [6, 6.07) is 15.4. The average molecular weight is 349 g/mol. The minimum atomic E-state index is -0.128. The third-order valence-electron chi connectivity index (χ3n) is 4.40. The molecule has 5 heteroatoms. The molecule has 1 aromatic heterocycles. The molecule has 1 N–H and O–H groups in total. The topological polar surface area (TPSA) is 56.1 Å². The highest BCUT2D eigenvalue weighted by molar-refractivity contribution is 6.04. The van der Waals surface area contributed by atoms with Crippen LogP contribution in [0.25, 0.3) is 0 Å². The van der Waals surface area contributed by atoms with E-state index in [0.717, 1.165) is 34.0 Å². The Balaban J connectivity index is 1.81. The second-order valence-electron chi connectivity index (χ2n) is 6.38. The Morgan fingerprint density at radius 2 is 1.85 bits per heavy atom. The molecule has 0 radical (unpaired) electrons. The second kappa shape index (κ2) is 7.44. The van der Waals surface area contributed by atoms with E-state index in [1.54, 1.807) is 7.11 Å². The van der Waals surface area contributed by atoms with Gasteiger partial charge in [0.05, 0.1) is 30.7 Å². The van der Waals surface area contributed by atoms with Crippen molar-refractivity contribution in [2.75, 3.05) is 12.4 Å². The lowest BCUT2D eigenvalue weighted by Gasteiger charge is -2.08. The Kier molecular flexibility index (Phi) is 5.07. The predicted molar refractivity (Wildman–Crippen MR) is 103 cm³/mol. The van der Waals surface area contributed by atoms with Crippen LogP contribution >= 0.6 is 0 Å². The lowest BCUT2D eigenvalue weighted by atomic mass is 10.1. The SMILES string of the molecule is COc1cccc(Cn2nc(C)c(NC(=O)c3ccc(C)cc3)c2C)c1. The normalized spacial score (nSPS) is 10.6. The molecule has 0 bridgehead atoms. The summed E-state index contributed by atoms with van der Waals surface area (Å²) < 4.78 is 7.17. The van der Waals surface area contributed by atoms with Gasteiger partial charge in [0.1, 0.15) is 5.75 Å². The Hall–Kier alpha value is -3.08. The molecule has 0 saturated heterocycles. The molecule has 1 amide bonds. The summed E-state index contributed by atoms with van der Waals surface area (Å²) in [5, 5.41) is 7.58. The molecular formula is C21H23N3O2. The summed E-state index contributed by atoms with van der Waals surface area (Å²) >= 11 is 0. The van der Waals surface area contributed by atoms with Gasteiger partial charge in [-0.1, -0.05) is 29.8 Å². The Bertz CT molecular complexity index is 927. The zero-order chi connectivity index (χ0) is 18.7. The van der Waals surface area contributed by atoms with Gasteiger partial charge < -0.3 is 10.1 Å². The van der Waals surface area contributed by atoms with E-state index in [0.29, 0.717) is 12.1 Å². The number of benzene rings is 2. The molecule has 0 unspecified atom stereocenters. The smallest absolute Gasteiger partial charge is 0.255 e. The highest BCUT2D eigenvalue weighted by Gasteiger charge is 2.15. The number of ether oxygens (including phenoxy) is 1. The quantitative estimate of drug-likeness (QED) is 0.754. The molecule has 0 saturated carbocycles. The molecule has 0 atom stereocenters. The number of carbonyl (C=O) groups is 1. The average Bonchev–Trinajstić information content (AvgIpc) is 2.90. The van der Waals surface area contributed by atoms with Gasteiger partial charge in [-0.3, -0.25) is 9.48 Å². The Morgan fingerprint density at radius 1 is 1.12 bits per heavy atom. The van der Waals surface area contributed by atoms with Crippen molar-refractivity contribution in [3.8, 4) is 5.75 Å². The largest absolute Gasteiger partial charge is 0.497 e. The number of anilines is 1. The number of nitrogens with zero attached hydrogens (tertiary/aromatic N) is 2. The van der Waals surface area contributed by atoms with Crippen molar-refractivity contribution in [1.82, 2.24) is 9.78 Å². The van der Waals surface area contributed by atoms with E-state index < -0.39 is 0 Å². The maximum atomic E-state index is 12.5. The van der Waals surface area contributed by atoms with Crippen molar-refractivity contribution in [2.24, 2.45) is 0 Å². The van der Waals surface area contributed by atoms with Crippen molar-refractivity contribution >= 4 is 11.6 Å². The Morgan fingerprint density at radius 3 is 2.54 bits per heavy atom. The van der Waals surface area contributed by atoms with Crippen molar-refractivity contribution in [2.45, 2.75) is 27.3 Å². The predicted octanol–water partition coefficient (Wildman–Crippen LogP) is 4.12. The fourth-order valence-corrected chi connectivity index (χ4v) is 2.87. The zero-order valence-electron chi connectivity index (χ0n) is 15.5. The van der Waals surface area contributed by atoms with Gasteiger partial charge in [-0.25, -0.2) is 0 Å². The monoisotopic (exact) mass is 349 g/mol. The van der Waals surface area contributed by atoms with Crippen molar-refractivity contribution in [3.63, 3.8) is 0 Å². The van der Waals surface area contributed by atoms with Gasteiger partial charge in [-0.05, 0) is 50.6 Å². The molecule has 0 spiro atoms. The maximum absolute atomic E-state index is 12.5. The number of methoxy groups -OCH3 is 1. The maximum Gasteiger partial charge on any atom is 0.255 e. The molecule has 134 valence electrons. The molecule has 3 aromatic rings. The van der Waals surface area contributed by atoms with E-state index in [1.165, 1.54) is 0 Å². The third-order valence-corrected chi connectivity index (χ3v) is 4.40. The van der Waals surface area contributed by atoms with Gasteiger partial charge in [0.2, 0.25) is 0 Å². The molecular weight excluding hydrogens is 326 g/mol. The standard InChI is InChI=1S/C21H23N3O2/c1-14-8-10-18(11-9-14)21(25)22-20-15(2)23-24(16(20)3)13-17-6-5-7-19(12-17)26-4/h5-12H,13H2,1-4H3,(H,22,25). The van der Waals surface area contributed by atoms with Gasteiger partial charge in [-0.2, -0.15) is 5.10 Å². The van der Waals surface area contributed by atoms with Crippen LogP contribution in [0.2, 0.25) is 0 Å². The number of aryl methyl sites for hydroxylation is 2. The first-order valence-corrected chi connectivity index (χ1v) is 8.53. The molecule has 1 heterocycles. The van der Waals surface area contributed by atoms with Crippen LogP contribution in [0.15, 0.2) is 48.5 Å². The van der Waals surface area contributed by atoms with E-state index in [1.807, 2.05) is 74.0 Å². The second-order valence-corrected chi connectivity index (χ2v) is 6.38. The number of amides is 1. The summed E-state index contributed by atoms with van der Waals surface area (Å²) in [6.07, 6.45) is 0. The fraction of sp³-hybridized carbons (Fsp3) is 0.238. The number of hydrogen-bond donors (Lipinski definition) is 1. The summed E-state index contributed by atoms with van der Waals surface area (Å²) in [4.78, 5) is 12.5. The van der Waals surface area contributed by atoms with Crippen molar-refractivity contribution < 1.29 is 9.53 Å². The minimum Gasteiger partial charge on any atom is -0.497 e. The summed E-state index contributed by atoms with van der Waals surface area (Å²) in [5.41, 5.74) is 5.33. The van der Waals surface area contributed by atoms with Gasteiger partial charge in [0.15, 0.2) is 0 Å². The van der Waals surface area contributed by atoms with Gasteiger partial charge >= 0.3 is 0 Å². The first kappa shape index (κ1) is 17.7. The fourth-order valence-electron chi connectivity index (χ4n) is 2.87. The summed E-state index contributed by atoms with van der Waals surface area (Å²) in [5.74, 6) is 0.689. The number of hydrogen-bond acceptors (Lipinski definition) is 3. The van der Waals surface area contributed by atoms with Gasteiger partial charge in [0, 0.05) is 5.56 Å². The summed E-state index contributed by atoms with van der Waals surface area (Å²) in [7, 11) is 1.65. The molecule has 5 nitrogen and oxygen atoms in total. The molecule has 0 aliphatic heterocycles. The van der Waals surface area contributed by atoms with Crippen molar-refractivity contribution in [1.29, 1.82) is 0 Å². The molecule has 26 heavy (non-hydrogen) atoms. The number of rotatable bonds is 5. The highest BCUT2D eigenvalue weighted by Crippen LogP contribution is 2.22. The van der Waals surface area contributed by atoms with Crippen LogP contribution in [0.5, 0.6) is 5.75 Å². The van der Waals surface area contributed by atoms with E-state index in [9.17, 15) is 4.79 Å². The first-order chi connectivity index (χ1) is 12.5. The molecule has 3 rings (SSSR count). The van der Waals surface area contributed by atoms with E-state index in [4.69, 9.17) is 4.74 Å².